The lowest BCUT2D eigenvalue weighted by Gasteiger charge is -2.04. The first-order valence-corrected chi connectivity index (χ1v) is 7.29. The lowest BCUT2D eigenvalue weighted by molar-refractivity contribution is -0.136. The summed E-state index contributed by atoms with van der Waals surface area (Å²) in [4.78, 5) is 11.0. The van der Waals surface area contributed by atoms with Crippen LogP contribution in [0.3, 0.4) is 0 Å². The van der Waals surface area contributed by atoms with Crippen LogP contribution in [0.4, 0.5) is 0 Å². The van der Waals surface area contributed by atoms with Crippen LogP contribution in [0.1, 0.15) is 5.69 Å². The number of nitrogens with zero attached hydrogens (tertiary/aromatic N) is 4. The van der Waals surface area contributed by atoms with Gasteiger partial charge in [0.2, 0.25) is 0 Å². The second kappa shape index (κ2) is 5.62. The fourth-order valence-corrected chi connectivity index (χ4v) is 2.61. The molecular formula is C17H12N4O3. The molecule has 1 N–H and O–H groups in total. The molecule has 118 valence electrons. The van der Waals surface area contributed by atoms with E-state index in [0.29, 0.717) is 17.1 Å². The van der Waals surface area contributed by atoms with Gasteiger partial charge in [0.25, 0.3) is 0 Å². The molecule has 4 rings (SSSR count). The highest BCUT2D eigenvalue weighted by molar-refractivity contribution is 5.92. The van der Waals surface area contributed by atoms with Crippen LogP contribution in [-0.4, -0.2) is 31.2 Å². The van der Waals surface area contributed by atoms with Gasteiger partial charge in [-0.15, -0.1) is 5.10 Å². The van der Waals surface area contributed by atoms with E-state index in [-0.39, 0.29) is 6.42 Å². The Morgan fingerprint density at radius 1 is 1.17 bits per heavy atom. The predicted octanol–water partition coefficient (Wildman–Crippen LogP) is 2.70. The van der Waals surface area contributed by atoms with Crippen LogP contribution in [0.15, 0.2) is 59.3 Å². The number of aliphatic carboxylic acids is 1. The van der Waals surface area contributed by atoms with Gasteiger partial charge >= 0.3 is 5.97 Å². The van der Waals surface area contributed by atoms with Crippen molar-refractivity contribution >= 4 is 16.9 Å². The van der Waals surface area contributed by atoms with E-state index in [1.165, 1.54) is 10.9 Å². The third kappa shape index (κ3) is 2.41. The van der Waals surface area contributed by atoms with Gasteiger partial charge in [0, 0.05) is 5.56 Å². The van der Waals surface area contributed by atoms with Crippen molar-refractivity contribution in [3.05, 3.63) is 60.4 Å². The Labute approximate surface area is 136 Å². The normalized spacial score (nSPS) is 11.0. The molecule has 2 aromatic heterocycles. The van der Waals surface area contributed by atoms with E-state index in [2.05, 4.69) is 15.5 Å². The van der Waals surface area contributed by atoms with E-state index in [9.17, 15) is 4.79 Å². The van der Waals surface area contributed by atoms with Crippen LogP contribution in [0.2, 0.25) is 0 Å². The molecule has 2 aromatic carbocycles. The Kier molecular flexibility index (Phi) is 3.31. The van der Waals surface area contributed by atoms with E-state index < -0.39 is 5.97 Å². The highest BCUT2D eigenvalue weighted by atomic mass is 16.5. The third-order valence-corrected chi connectivity index (χ3v) is 3.69. The summed E-state index contributed by atoms with van der Waals surface area (Å²) in [6, 6.07) is 15.2. The molecule has 24 heavy (non-hydrogen) atoms. The van der Waals surface area contributed by atoms with Gasteiger partial charge in [0.05, 0.1) is 29.4 Å². The Bertz CT molecular complexity index is 1020. The zero-order valence-corrected chi connectivity index (χ0v) is 12.5. The molecular weight excluding hydrogens is 308 g/mol. The molecule has 0 atom stereocenters. The molecule has 0 aliphatic carbocycles. The number of benzene rings is 2. The molecule has 0 saturated carbocycles. The molecule has 0 aliphatic heterocycles. The van der Waals surface area contributed by atoms with Crippen LogP contribution in [0.5, 0.6) is 0 Å². The van der Waals surface area contributed by atoms with Gasteiger partial charge in [-0.2, -0.15) is 0 Å². The first kappa shape index (κ1) is 14.1. The molecule has 7 heteroatoms. The summed E-state index contributed by atoms with van der Waals surface area (Å²) >= 11 is 0. The van der Waals surface area contributed by atoms with E-state index in [4.69, 9.17) is 9.63 Å². The van der Waals surface area contributed by atoms with Gasteiger partial charge in [-0.1, -0.05) is 40.7 Å². The number of hydrogen-bond donors (Lipinski definition) is 1. The van der Waals surface area contributed by atoms with Crippen LogP contribution in [0.25, 0.3) is 27.9 Å². The minimum Gasteiger partial charge on any atom is -0.481 e. The Hall–Kier alpha value is -3.48. The van der Waals surface area contributed by atoms with Gasteiger partial charge in [0.15, 0.2) is 5.76 Å². The fraction of sp³-hybridized carbons (Fsp3) is 0.0588. The van der Waals surface area contributed by atoms with E-state index in [1.807, 2.05) is 42.5 Å². The molecule has 7 nitrogen and oxygen atoms in total. The van der Waals surface area contributed by atoms with Crippen molar-refractivity contribution in [2.45, 2.75) is 6.42 Å². The fourth-order valence-electron chi connectivity index (χ4n) is 2.61. The minimum absolute atomic E-state index is 0.153. The average molecular weight is 320 g/mol. The molecule has 0 amide bonds. The topological polar surface area (TPSA) is 94.0 Å². The number of carboxylic acids is 1. The molecule has 0 radical (unpaired) electrons. The SMILES string of the molecule is O=C(O)Cc1cnnn1-c1ccc2noc(-c3ccccc3)c2c1. The number of carboxylic acid groups (broad SMARTS) is 1. The van der Waals surface area contributed by atoms with E-state index in [0.717, 1.165) is 16.5 Å². The molecule has 0 unspecified atom stereocenters. The molecule has 4 aromatic rings. The van der Waals surface area contributed by atoms with Crippen LogP contribution < -0.4 is 0 Å². The second-order valence-corrected chi connectivity index (χ2v) is 5.29. The molecule has 0 bridgehead atoms. The standard InChI is InChI=1S/C17H12N4O3/c22-16(23)9-13-10-18-20-21(13)12-6-7-15-14(8-12)17(24-19-15)11-4-2-1-3-5-11/h1-8,10H,9H2,(H,22,23). The van der Waals surface area contributed by atoms with Crippen LogP contribution >= 0.6 is 0 Å². The summed E-state index contributed by atoms with van der Waals surface area (Å²) in [5.41, 5.74) is 2.84. The van der Waals surface area contributed by atoms with E-state index in [1.54, 1.807) is 6.07 Å². The summed E-state index contributed by atoms with van der Waals surface area (Å²) in [5, 5.41) is 21.7. The van der Waals surface area contributed by atoms with Crippen molar-refractivity contribution in [1.29, 1.82) is 0 Å². The Morgan fingerprint density at radius 2 is 2.00 bits per heavy atom. The number of fused-ring (bicyclic) bond motifs is 1. The molecule has 0 saturated heterocycles. The van der Waals surface area contributed by atoms with Crippen molar-refractivity contribution in [2.24, 2.45) is 0 Å². The maximum absolute atomic E-state index is 11.0. The second-order valence-electron chi connectivity index (χ2n) is 5.29. The number of aromatic nitrogens is 4. The van der Waals surface area contributed by atoms with Crippen LogP contribution in [0, 0.1) is 0 Å². The number of hydrogen-bond acceptors (Lipinski definition) is 5. The van der Waals surface area contributed by atoms with Gasteiger partial charge in [0.1, 0.15) is 5.52 Å². The van der Waals surface area contributed by atoms with Crippen molar-refractivity contribution < 1.29 is 14.4 Å². The molecule has 2 heterocycles. The largest absolute Gasteiger partial charge is 0.481 e. The monoisotopic (exact) mass is 320 g/mol. The lowest BCUT2D eigenvalue weighted by atomic mass is 10.1. The minimum atomic E-state index is -0.936. The summed E-state index contributed by atoms with van der Waals surface area (Å²) in [6.45, 7) is 0. The van der Waals surface area contributed by atoms with Gasteiger partial charge in [-0.25, -0.2) is 4.68 Å². The van der Waals surface area contributed by atoms with Crippen molar-refractivity contribution in [2.75, 3.05) is 0 Å². The van der Waals surface area contributed by atoms with Crippen molar-refractivity contribution in [3.63, 3.8) is 0 Å². The smallest absolute Gasteiger partial charge is 0.309 e. The van der Waals surface area contributed by atoms with Gasteiger partial charge < -0.3 is 9.63 Å². The van der Waals surface area contributed by atoms with Crippen LogP contribution in [-0.2, 0) is 11.2 Å². The van der Waals surface area contributed by atoms with E-state index >= 15 is 0 Å². The highest BCUT2D eigenvalue weighted by Crippen LogP contribution is 2.30. The zero-order valence-electron chi connectivity index (χ0n) is 12.5. The molecule has 0 spiro atoms. The molecule has 0 aliphatic rings. The lowest BCUT2D eigenvalue weighted by Crippen LogP contribution is -2.07. The predicted molar refractivity (Wildman–Crippen MR) is 85.7 cm³/mol. The summed E-state index contributed by atoms with van der Waals surface area (Å²) < 4.78 is 6.99. The summed E-state index contributed by atoms with van der Waals surface area (Å²) in [5.74, 6) is -0.276. The average Bonchev–Trinajstić information content (AvgIpc) is 3.21. The Balaban J connectivity index is 1.84. The number of carbonyl (C=O) groups is 1. The van der Waals surface area contributed by atoms with Crippen molar-refractivity contribution in [1.82, 2.24) is 20.2 Å². The number of rotatable bonds is 4. The van der Waals surface area contributed by atoms with Gasteiger partial charge in [-0.05, 0) is 18.2 Å². The first-order valence-electron chi connectivity index (χ1n) is 7.29. The molecule has 0 fully saturated rings. The third-order valence-electron chi connectivity index (χ3n) is 3.69. The summed E-state index contributed by atoms with van der Waals surface area (Å²) in [7, 11) is 0. The maximum atomic E-state index is 11.0. The Morgan fingerprint density at radius 3 is 2.79 bits per heavy atom. The quantitative estimate of drug-likeness (QED) is 0.621. The maximum Gasteiger partial charge on any atom is 0.309 e. The van der Waals surface area contributed by atoms with Crippen molar-refractivity contribution in [3.8, 4) is 17.0 Å². The van der Waals surface area contributed by atoms with Gasteiger partial charge in [-0.3, -0.25) is 4.79 Å². The summed E-state index contributed by atoms with van der Waals surface area (Å²) in [6.07, 6.45) is 1.30. The zero-order chi connectivity index (χ0) is 16.5. The highest BCUT2D eigenvalue weighted by Gasteiger charge is 2.14. The first-order chi connectivity index (χ1) is 11.7.